The summed E-state index contributed by atoms with van der Waals surface area (Å²) in [5.41, 5.74) is 2.04. The third kappa shape index (κ3) is 4.82. The summed E-state index contributed by atoms with van der Waals surface area (Å²) >= 11 is 0. The standard InChI is InChI=1S/C22H26N2O4/c1-27-19-8-5-6-16(12-19)10-11-23-22(26)18-13-21(25)24(15-18)14-17-7-3-4-9-20(17)28-2/h3-9,12,18H,10-11,13-15H2,1-2H3,(H,23,26). The van der Waals surface area contributed by atoms with E-state index in [-0.39, 0.29) is 24.2 Å². The van der Waals surface area contributed by atoms with Crippen molar-refractivity contribution in [3.8, 4) is 11.5 Å². The summed E-state index contributed by atoms with van der Waals surface area (Å²) in [5, 5.41) is 2.95. The van der Waals surface area contributed by atoms with Crippen molar-refractivity contribution < 1.29 is 19.1 Å². The van der Waals surface area contributed by atoms with Gasteiger partial charge in [-0.3, -0.25) is 9.59 Å². The summed E-state index contributed by atoms with van der Waals surface area (Å²) in [6, 6.07) is 15.4. The number of methoxy groups -OCH3 is 2. The van der Waals surface area contributed by atoms with Crippen LogP contribution in [-0.4, -0.2) is 44.0 Å². The molecule has 1 unspecified atom stereocenters. The van der Waals surface area contributed by atoms with Crippen molar-refractivity contribution in [2.24, 2.45) is 5.92 Å². The van der Waals surface area contributed by atoms with Gasteiger partial charge in [0.1, 0.15) is 11.5 Å². The van der Waals surface area contributed by atoms with Crippen LogP contribution in [-0.2, 0) is 22.6 Å². The normalized spacial score (nSPS) is 16.1. The van der Waals surface area contributed by atoms with Crippen LogP contribution in [0.1, 0.15) is 17.5 Å². The Kier molecular flexibility index (Phi) is 6.53. The highest BCUT2D eigenvalue weighted by atomic mass is 16.5. The fourth-order valence-electron chi connectivity index (χ4n) is 3.44. The summed E-state index contributed by atoms with van der Waals surface area (Å²) in [7, 11) is 3.25. The Labute approximate surface area is 165 Å². The quantitative estimate of drug-likeness (QED) is 0.761. The Balaban J connectivity index is 1.50. The zero-order valence-corrected chi connectivity index (χ0v) is 16.3. The van der Waals surface area contributed by atoms with E-state index in [0.29, 0.717) is 26.1 Å². The summed E-state index contributed by atoms with van der Waals surface area (Å²) in [6.45, 7) is 1.42. The molecular weight excluding hydrogens is 356 g/mol. The predicted octanol–water partition coefficient (Wildman–Crippen LogP) is 2.41. The molecule has 0 aromatic heterocycles. The Morgan fingerprint density at radius 2 is 1.96 bits per heavy atom. The number of hydrogen-bond donors (Lipinski definition) is 1. The van der Waals surface area contributed by atoms with E-state index < -0.39 is 0 Å². The average molecular weight is 382 g/mol. The highest BCUT2D eigenvalue weighted by molar-refractivity contribution is 5.89. The molecule has 6 heteroatoms. The number of rotatable bonds is 8. The molecule has 28 heavy (non-hydrogen) atoms. The molecule has 1 atom stereocenters. The highest BCUT2D eigenvalue weighted by Crippen LogP contribution is 2.24. The Hall–Kier alpha value is -3.02. The molecule has 1 aliphatic rings. The van der Waals surface area contributed by atoms with E-state index in [2.05, 4.69) is 5.32 Å². The maximum absolute atomic E-state index is 12.5. The lowest BCUT2D eigenvalue weighted by molar-refractivity contribution is -0.129. The smallest absolute Gasteiger partial charge is 0.225 e. The van der Waals surface area contributed by atoms with E-state index in [1.165, 1.54) is 0 Å². The number of carbonyl (C=O) groups excluding carboxylic acids is 2. The molecular formula is C22H26N2O4. The molecule has 2 aromatic rings. The van der Waals surface area contributed by atoms with Crippen LogP contribution in [0.25, 0.3) is 0 Å². The molecule has 3 rings (SSSR count). The van der Waals surface area contributed by atoms with Crippen molar-refractivity contribution in [1.82, 2.24) is 10.2 Å². The minimum absolute atomic E-state index is 0.00106. The second-order valence-electron chi connectivity index (χ2n) is 6.88. The molecule has 148 valence electrons. The van der Waals surface area contributed by atoms with Crippen molar-refractivity contribution in [3.63, 3.8) is 0 Å². The van der Waals surface area contributed by atoms with Gasteiger partial charge in [-0.25, -0.2) is 0 Å². The van der Waals surface area contributed by atoms with Crippen molar-refractivity contribution >= 4 is 11.8 Å². The van der Waals surface area contributed by atoms with Crippen LogP contribution in [0.5, 0.6) is 11.5 Å². The lowest BCUT2D eigenvalue weighted by Gasteiger charge is -2.18. The Morgan fingerprint density at radius 3 is 2.75 bits per heavy atom. The molecule has 1 fully saturated rings. The van der Waals surface area contributed by atoms with E-state index in [0.717, 1.165) is 22.6 Å². The maximum atomic E-state index is 12.5. The second kappa shape index (κ2) is 9.26. The first kappa shape index (κ1) is 19.7. The molecule has 1 N–H and O–H groups in total. The molecule has 1 saturated heterocycles. The van der Waals surface area contributed by atoms with Crippen LogP contribution in [0, 0.1) is 5.92 Å². The van der Waals surface area contributed by atoms with Gasteiger partial charge in [-0.2, -0.15) is 0 Å². The summed E-state index contributed by atoms with van der Waals surface area (Å²) in [4.78, 5) is 26.6. The topological polar surface area (TPSA) is 67.9 Å². The van der Waals surface area contributed by atoms with Gasteiger partial charge in [0, 0.05) is 31.6 Å². The number of hydrogen-bond acceptors (Lipinski definition) is 4. The first-order chi connectivity index (χ1) is 13.6. The largest absolute Gasteiger partial charge is 0.497 e. The zero-order chi connectivity index (χ0) is 19.9. The van der Waals surface area contributed by atoms with Crippen molar-refractivity contribution in [1.29, 1.82) is 0 Å². The van der Waals surface area contributed by atoms with Crippen molar-refractivity contribution in [2.45, 2.75) is 19.4 Å². The van der Waals surface area contributed by atoms with E-state index in [9.17, 15) is 9.59 Å². The molecule has 2 amide bonds. The number of carbonyl (C=O) groups is 2. The molecule has 0 saturated carbocycles. The summed E-state index contributed by atoms with van der Waals surface area (Å²) in [5.74, 6) is 1.17. The molecule has 0 radical (unpaired) electrons. The first-order valence-electron chi connectivity index (χ1n) is 9.41. The fraction of sp³-hybridized carbons (Fsp3) is 0.364. The highest BCUT2D eigenvalue weighted by Gasteiger charge is 2.34. The lowest BCUT2D eigenvalue weighted by Crippen LogP contribution is -2.34. The van der Waals surface area contributed by atoms with E-state index in [1.54, 1.807) is 19.1 Å². The van der Waals surface area contributed by atoms with E-state index in [1.807, 2.05) is 48.5 Å². The molecule has 0 bridgehead atoms. The molecule has 2 aromatic carbocycles. The van der Waals surface area contributed by atoms with Gasteiger partial charge < -0.3 is 19.7 Å². The Morgan fingerprint density at radius 1 is 1.14 bits per heavy atom. The van der Waals surface area contributed by atoms with Crippen LogP contribution in [0.2, 0.25) is 0 Å². The van der Waals surface area contributed by atoms with E-state index >= 15 is 0 Å². The van der Waals surface area contributed by atoms with Crippen LogP contribution in [0.4, 0.5) is 0 Å². The van der Waals surface area contributed by atoms with Gasteiger partial charge in [0.05, 0.1) is 20.1 Å². The number of benzene rings is 2. The van der Waals surface area contributed by atoms with Gasteiger partial charge in [-0.15, -0.1) is 0 Å². The molecule has 0 spiro atoms. The Bertz CT molecular complexity index is 837. The van der Waals surface area contributed by atoms with Gasteiger partial charge in [0.25, 0.3) is 0 Å². The van der Waals surface area contributed by atoms with Crippen molar-refractivity contribution in [2.75, 3.05) is 27.3 Å². The van der Waals surface area contributed by atoms with Crippen molar-refractivity contribution in [3.05, 3.63) is 59.7 Å². The lowest BCUT2D eigenvalue weighted by atomic mass is 10.1. The molecule has 6 nitrogen and oxygen atoms in total. The third-order valence-electron chi connectivity index (χ3n) is 4.99. The SMILES string of the molecule is COc1cccc(CCNC(=O)C2CC(=O)N(Cc3ccccc3OC)C2)c1. The van der Waals surface area contributed by atoms with Gasteiger partial charge in [0.2, 0.25) is 11.8 Å². The fourth-order valence-corrected chi connectivity index (χ4v) is 3.44. The van der Waals surface area contributed by atoms with Crippen LogP contribution in [0.15, 0.2) is 48.5 Å². The van der Waals surface area contributed by atoms with Crippen LogP contribution in [0.3, 0.4) is 0 Å². The zero-order valence-electron chi connectivity index (χ0n) is 16.3. The van der Waals surface area contributed by atoms with Crippen LogP contribution < -0.4 is 14.8 Å². The second-order valence-corrected chi connectivity index (χ2v) is 6.88. The minimum atomic E-state index is -0.312. The number of likely N-dealkylation sites (tertiary alicyclic amines) is 1. The predicted molar refractivity (Wildman–Crippen MR) is 106 cm³/mol. The maximum Gasteiger partial charge on any atom is 0.225 e. The molecule has 0 aliphatic carbocycles. The van der Waals surface area contributed by atoms with Gasteiger partial charge >= 0.3 is 0 Å². The monoisotopic (exact) mass is 382 g/mol. The number of nitrogens with one attached hydrogen (secondary N) is 1. The minimum Gasteiger partial charge on any atom is -0.497 e. The van der Waals surface area contributed by atoms with Gasteiger partial charge in [-0.05, 0) is 30.2 Å². The number of amides is 2. The number of para-hydroxylation sites is 1. The summed E-state index contributed by atoms with van der Waals surface area (Å²) < 4.78 is 10.6. The van der Waals surface area contributed by atoms with Crippen LogP contribution >= 0.6 is 0 Å². The van der Waals surface area contributed by atoms with Gasteiger partial charge in [-0.1, -0.05) is 30.3 Å². The molecule has 1 aliphatic heterocycles. The van der Waals surface area contributed by atoms with Gasteiger partial charge in [0.15, 0.2) is 0 Å². The number of nitrogens with zero attached hydrogens (tertiary/aromatic N) is 1. The molecule has 1 heterocycles. The average Bonchev–Trinajstić information content (AvgIpc) is 3.09. The third-order valence-corrected chi connectivity index (χ3v) is 4.99. The van der Waals surface area contributed by atoms with E-state index in [4.69, 9.17) is 9.47 Å². The first-order valence-corrected chi connectivity index (χ1v) is 9.41. The summed E-state index contributed by atoms with van der Waals surface area (Å²) in [6.07, 6.45) is 0.967. The number of ether oxygens (including phenoxy) is 2.